The van der Waals surface area contributed by atoms with E-state index in [1.807, 2.05) is 54.2 Å². The van der Waals surface area contributed by atoms with Crippen LogP contribution in [0.1, 0.15) is 35.7 Å². The van der Waals surface area contributed by atoms with Gasteiger partial charge in [-0.3, -0.25) is 14.5 Å². The maximum atomic E-state index is 13.5. The summed E-state index contributed by atoms with van der Waals surface area (Å²) >= 11 is 0. The van der Waals surface area contributed by atoms with Crippen LogP contribution in [-0.4, -0.2) is 74.6 Å². The standard InChI is InChI=1S/C27H34N4O5/c1-27(20-12-14-30(15-13-20)24(32)18-8-6-10-21(16-18)29(2)3)25(33)31(26(34)28-27)17-19-9-7-11-22(35-4)23(19)36-5/h6-11,16,20H,12-15,17H2,1-5H3,(H,28,34). The number of para-hydroxylation sites is 1. The Hall–Kier alpha value is -3.75. The smallest absolute Gasteiger partial charge is 0.325 e. The van der Waals surface area contributed by atoms with Gasteiger partial charge in [0, 0.05) is 44.0 Å². The Morgan fingerprint density at radius 1 is 1.08 bits per heavy atom. The van der Waals surface area contributed by atoms with Crippen LogP contribution in [0.4, 0.5) is 10.5 Å². The summed E-state index contributed by atoms with van der Waals surface area (Å²) in [6, 6.07) is 12.5. The highest BCUT2D eigenvalue weighted by Gasteiger charge is 2.53. The van der Waals surface area contributed by atoms with Gasteiger partial charge < -0.3 is 24.6 Å². The van der Waals surface area contributed by atoms with Crippen LogP contribution in [0, 0.1) is 5.92 Å². The zero-order chi connectivity index (χ0) is 26.0. The molecule has 0 aromatic heterocycles. The molecule has 2 heterocycles. The van der Waals surface area contributed by atoms with Crippen LogP contribution in [0.2, 0.25) is 0 Å². The molecule has 1 N–H and O–H groups in total. The molecule has 192 valence electrons. The monoisotopic (exact) mass is 494 g/mol. The lowest BCUT2D eigenvalue weighted by Gasteiger charge is -2.39. The summed E-state index contributed by atoms with van der Waals surface area (Å²) in [4.78, 5) is 44.6. The van der Waals surface area contributed by atoms with Crippen molar-refractivity contribution in [2.45, 2.75) is 31.8 Å². The molecule has 1 unspecified atom stereocenters. The second-order valence-electron chi connectivity index (χ2n) is 9.69. The predicted octanol–water partition coefficient (Wildman–Crippen LogP) is 3.13. The molecule has 36 heavy (non-hydrogen) atoms. The first kappa shape index (κ1) is 25.3. The Kier molecular flexibility index (Phi) is 7.10. The molecule has 4 rings (SSSR count). The molecule has 0 spiro atoms. The summed E-state index contributed by atoms with van der Waals surface area (Å²) in [5.74, 6) is 0.678. The number of urea groups is 1. The number of piperidine rings is 1. The number of ether oxygens (including phenoxy) is 2. The van der Waals surface area contributed by atoms with Gasteiger partial charge in [-0.1, -0.05) is 18.2 Å². The average molecular weight is 495 g/mol. The predicted molar refractivity (Wildman–Crippen MR) is 136 cm³/mol. The lowest BCUT2D eigenvalue weighted by atomic mass is 9.78. The highest BCUT2D eigenvalue weighted by Crippen LogP contribution is 2.37. The van der Waals surface area contributed by atoms with Crippen LogP contribution in [0.5, 0.6) is 11.5 Å². The van der Waals surface area contributed by atoms with E-state index >= 15 is 0 Å². The number of hydrogen-bond acceptors (Lipinski definition) is 6. The Balaban J connectivity index is 1.44. The molecule has 9 heteroatoms. The highest BCUT2D eigenvalue weighted by molar-refractivity contribution is 6.07. The first-order valence-corrected chi connectivity index (χ1v) is 12.1. The molecule has 2 saturated heterocycles. The Morgan fingerprint density at radius 2 is 1.78 bits per heavy atom. The van der Waals surface area contributed by atoms with Gasteiger partial charge in [0.15, 0.2) is 11.5 Å². The van der Waals surface area contributed by atoms with Crippen LogP contribution < -0.4 is 19.7 Å². The number of carbonyl (C=O) groups is 3. The molecular weight excluding hydrogens is 460 g/mol. The van der Waals surface area contributed by atoms with Crippen molar-refractivity contribution < 1.29 is 23.9 Å². The van der Waals surface area contributed by atoms with Crippen molar-refractivity contribution in [2.75, 3.05) is 46.3 Å². The van der Waals surface area contributed by atoms with Gasteiger partial charge in [-0.2, -0.15) is 0 Å². The summed E-state index contributed by atoms with van der Waals surface area (Å²) in [5, 5.41) is 2.94. The number of nitrogens with one attached hydrogen (secondary N) is 1. The number of carbonyl (C=O) groups excluding carboxylic acids is 3. The zero-order valence-corrected chi connectivity index (χ0v) is 21.5. The van der Waals surface area contributed by atoms with Gasteiger partial charge in [0.05, 0.1) is 20.8 Å². The minimum Gasteiger partial charge on any atom is -0.493 e. The van der Waals surface area contributed by atoms with Crippen molar-refractivity contribution >= 4 is 23.5 Å². The van der Waals surface area contributed by atoms with Gasteiger partial charge in [0.1, 0.15) is 5.54 Å². The normalized spacial score (nSPS) is 20.4. The fourth-order valence-corrected chi connectivity index (χ4v) is 5.14. The van der Waals surface area contributed by atoms with Gasteiger partial charge in [-0.15, -0.1) is 0 Å². The molecule has 2 aliphatic heterocycles. The van der Waals surface area contributed by atoms with Crippen molar-refractivity contribution in [3.63, 3.8) is 0 Å². The van der Waals surface area contributed by atoms with Crippen LogP contribution in [0.3, 0.4) is 0 Å². The summed E-state index contributed by atoms with van der Waals surface area (Å²) in [7, 11) is 6.96. The molecule has 0 saturated carbocycles. The van der Waals surface area contributed by atoms with Gasteiger partial charge in [0.25, 0.3) is 11.8 Å². The third-order valence-corrected chi connectivity index (χ3v) is 7.32. The summed E-state index contributed by atoms with van der Waals surface area (Å²) in [6.45, 7) is 2.93. The Bertz CT molecular complexity index is 1160. The van der Waals surface area contributed by atoms with Gasteiger partial charge in [-0.05, 0) is 49.9 Å². The van der Waals surface area contributed by atoms with E-state index < -0.39 is 11.6 Å². The third kappa shape index (κ3) is 4.57. The van der Waals surface area contributed by atoms with E-state index in [9.17, 15) is 14.4 Å². The topological polar surface area (TPSA) is 91.4 Å². The van der Waals surface area contributed by atoms with E-state index in [4.69, 9.17) is 9.47 Å². The van der Waals surface area contributed by atoms with Gasteiger partial charge >= 0.3 is 6.03 Å². The van der Waals surface area contributed by atoms with Crippen LogP contribution in [0.15, 0.2) is 42.5 Å². The van der Waals surface area contributed by atoms with Crippen LogP contribution in [0.25, 0.3) is 0 Å². The van der Waals surface area contributed by atoms with E-state index in [2.05, 4.69) is 5.32 Å². The SMILES string of the molecule is COc1cccc(CN2C(=O)NC(C)(C3CCN(C(=O)c4cccc(N(C)C)c4)CC3)C2=O)c1OC. The summed E-state index contributed by atoms with van der Waals surface area (Å²) < 4.78 is 10.8. The fraction of sp³-hybridized carbons (Fsp3) is 0.444. The maximum Gasteiger partial charge on any atom is 0.325 e. The van der Waals surface area contributed by atoms with Gasteiger partial charge in [0.2, 0.25) is 0 Å². The molecule has 0 radical (unpaired) electrons. The fourth-order valence-electron chi connectivity index (χ4n) is 5.14. The van der Waals surface area contributed by atoms with Crippen LogP contribution >= 0.6 is 0 Å². The first-order chi connectivity index (χ1) is 17.2. The lowest BCUT2D eigenvalue weighted by Crippen LogP contribution is -2.54. The first-order valence-electron chi connectivity index (χ1n) is 12.1. The molecule has 1 atom stereocenters. The van der Waals surface area contributed by atoms with E-state index in [1.165, 1.54) is 12.0 Å². The van der Waals surface area contributed by atoms with Crippen LogP contribution in [-0.2, 0) is 11.3 Å². The highest BCUT2D eigenvalue weighted by atomic mass is 16.5. The molecule has 4 amide bonds. The van der Waals surface area contributed by atoms with Crippen molar-refractivity contribution in [2.24, 2.45) is 5.92 Å². The van der Waals surface area contributed by atoms with Crippen molar-refractivity contribution in [3.8, 4) is 11.5 Å². The molecule has 9 nitrogen and oxygen atoms in total. The molecule has 2 fully saturated rings. The Labute approximate surface area is 211 Å². The van der Waals surface area contributed by atoms with Crippen molar-refractivity contribution in [1.29, 1.82) is 0 Å². The van der Waals surface area contributed by atoms with E-state index in [0.29, 0.717) is 48.6 Å². The molecule has 0 aliphatic carbocycles. The number of methoxy groups -OCH3 is 2. The van der Waals surface area contributed by atoms with Crippen molar-refractivity contribution in [3.05, 3.63) is 53.6 Å². The van der Waals surface area contributed by atoms with Crippen molar-refractivity contribution in [1.82, 2.24) is 15.1 Å². The quantitative estimate of drug-likeness (QED) is 0.595. The number of amides is 4. The molecule has 2 aliphatic rings. The van der Waals surface area contributed by atoms with E-state index in [-0.39, 0.29) is 24.3 Å². The third-order valence-electron chi connectivity index (χ3n) is 7.32. The number of imide groups is 1. The number of rotatable bonds is 7. The lowest BCUT2D eigenvalue weighted by molar-refractivity contribution is -0.133. The second-order valence-corrected chi connectivity index (χ2v) is 9.69. The number of likely N-dealkylation sites (tertiary alicyclic amines) is 1. The molecule has 0 bridgehead atoms. The minimum absolute atomic E-state index is 0.0177. The van der Waals surface area contributed by atoms with Gasteiger partial charge in [-0.25, -0.2) is 4.79 Å². The number of hydrogen-bond donors (Lipinski definition) is 1. The maximum absolute atomic E-state index is 13.5. The largest absolute Gasteiger partial charge is 0.493 e. The second kappa shape index (κ2) is 10.1. The number of benzene rings is 2. The zero-order valence-electron chi connectivity index (χ0n) is 21.5. The summed E-state index contributed by atoms with van der Waals surface area (Å²) in [6.07, 6.45) is 1.25. The number of anilines is 1. The molecule has 2 aromatic carbocycles. The minimum atomic E-state index is -1.02. The molecular formula is C27H34N4O5. The summed E-state index contributed by atoms with van der Waals surface area (Å²) in [5.41, 5.74) is 1.28. The number of nitrogens with zero attached hydrogens (tertiary/aromatic N) is 3. The Morgan fingerprint density at radius 3 is 2.42 bits per heavy atom. The van der Waals surface area contributed by atoms with E-state index in [0.717, 1.165) is 5.69 Å². The van der Waals surface area contributed by atoms with E-state index in [1.54, 1.807) is 26.2 Å². The average Bonchev–Trinajstić information content (AvgIpc) is 3.11. The molecule has 2 aromatic rings.